The monoisotopic (exact) mass is 404 g/mol. The lowest BCUT2D eigenvalue weighted by molar-refractivity contribution is -0.119. The average molecular weight is 405 g/mol. The normalized spacial score (nSPS) is 11.9. The first-order valence-corrected chi connectivity index (χ1v) is 9.41. The zero-order valence-electron chi connectivity index (χ0n) is 15.5. The van der Waals surface area contributed by atoms with Crippen molar-refractivity contribution >= 4 is 34.0 Å². The highest BCUT2D eigenvalue weighted by molar-refractivity contribution is 6.30. The van der Waals surface area contributed by atoms with E-state index in [1.165, 1.54) is 6.20 Å². The van der Waals surface area contributed by atoms with Gasteiger partial charge in [0.25, 0.3) is 0 Å². The number of fused-ring (bicyclic) bond motifs is 1. The second-order valence-electron chi connectivity index (χ2n) is 6.57. The Morgan fingerprint density at radius 2 is 1.76 bits per heavy atom. The van der Waals surface area contributed by atoms with E-state index >= 15 is 0 Å². The quantitative estimate of drug-likeness (QED) is 0.549. The third kappa shape index (κ3) is 3.88. The number of rotatable bonds is 4. The van der Waals surface area contributed by atoms with Crippen LogP contribution in [0.3, 0.4) is 0 Å². The van der Waals surface area contributed by atoms with Gasteiger partial charge in [0.2, 0.25) is 5.91 Å². The van der Waals surface area contributed by atoms with Crippen molar-refractivity contribution in [3.63, 3.8) is 0 Å². The topological polar surface area (TPSA) is 76.9 Å². The van der Waals surface area contributed by atoms with Gasteiger partial charge in [0.05, 0.1) is 11.9 Å². The Labute approximate surface area is 171 Å². The van der Waals surface area contributed by atoms with Gasteiger partial charge in [-0.25, -0.2) is 9.48 Å². The van der Waals surface area contributed by atoms with E-state index in [2.05, 4.69) is 15.4 Å². The van der Waals surface area contributed by atoms with Crippen LogP contribution in [0.2, 0.25) is 5.02 Å². The summed E-state index contributed by atoms with van der Waals surface area (Å²) in [6.07, 6.45) is 1.46. The molecule has 4 rings (SSSR count). The summed E-state index contributed by atoms with van der Waals surface area (Å²) in [5.41, 5.74) is 1.22. The van der Waals surface area contributed by atoms with E-state index in [4.69, 9.17) is 11.6 Å². The molecule has 1 heterocycles. The molecule has 1 amide bonds. The Kier molecular flexibility index (Phi) is 5.10. The summed E-state index contributed by atoms with van der Waals surface area (Å²) in [7, 11) is 0. The van der Waals surface area contributed by atoms with Crippen molar-refractivity contribution in [2.45, 2.75) is 13.0 Å². The first kappa shape index (κ1) is 18.8. The Bertz CT molecular complexity index is 1250. The summed E-state index contributed by atoms with van der Waals surface area (Å²) in [5, 5.41) is 9.56. The van der Waals surface area contributed by atoms with Crippen LogP contribution in [0.25, 0.3) is 22.0 Å². The van der Waals surface area contributed by atoms with Gasteiger partial charge in [0.15, 0.2) is 0 Å². The summed E-state index contributed by atoms with van der Waals surface area (Å²) in [6.45, 7) is 1.61. The van der Waals surface area contributed by atoms with Gasteiger partial charge in [-0.3, -0.25) is 4.79 Å². The number of carbonyl (C=O) groups is 1. The number of anilines is 1. The van der Waals surface area contributed by atoms with Crippen LogP contribution in [-0.4, -0.2) is 20.7 Å². The molecule has 0 radical (unpaired) electrons. The standard InChI is InChI=1S/C22H17ClN4O2/c1-14(21(28)25-19-8-4-6-15-5-2-3-7-18(15)19)27-22(29)26-20(13-24-27)16-9-11-17(23)12-10-16/h2-14H,1H3,(H,25,28)/t14-/m1/s1. The Balaban J connectivity index is 1.59. The summed E-state index contributed by atoms with van der Waals surface area (Å²) in [4.78, 5) is 29.3. The maximum atomic E-state index is 12.7. The number of nitrogens with zero attached hydrogens (tertiary/aromatic N) is 3. The van der Waals surface area contributed by atoms with Crippen molar-refractivity contribution < 1.29 is 4.79 Å². The Morgan fingerprint density at radius 1 is 1.03 bits per heavy atom. The fourth-order valence-electron chi connectivity index (χ4n) is 3.06. The molecular weight excluding hydrogens is 388 g/mol. The third-order valence-electron chi connectivity index (χ3n) is 4.65. The van der Waals surface area contributed by atoms with Crippen LogP contribution < -0.4 is 11.0 Å². The predicted molar refractivity (Wildman–Crippen MR) is 114 cm³/mol. The van der Waals surface area contributed by atoms with E-state index in [1.807, 2.05) is 42.5 Å². The molecule has 0 aliphatic rings. The molecule has 4 aromatic rings. The number of aromatic nitrogens is 3. The molecule has 0 spiro atoms. The lowest BCUT2D eigenvalue weighted by atomic mass is 10.1. The number of benzene rings is 3. The minimum absolute atomic E-state index is 0.350. The molecule has 0 saturated carbocycles. The lowest BCUT2D eigenvalue weighted by Crippen LogP contribution is -2.34. The Morgan fingerprint density at radius 3 is 2.52 bits per heavy atom. The summed E-state index contributed by atoms with van der Waals surface area (Å²) < 4.78 is 1.07. The fraction of sp³-hybridized carbons (Fsp3) is 0.0909. The van der Waals surface area contributed by atoms with Gasteiger partial charge in [-0.2, -0.15) is 10.1 Å². The first-order valence-electron chi connectivity index (χ1n) is 9.03. The van der Waals surface area contributed by atoms with Crippen LogP contribution in [0, 0.1) is 0 Å². The van der Waals surface area contributed by atoms with Gasteiger partial charge in [-0.05, 0) is 30.5 Å². The highest BCUT2D eigenvalue weighted by Crippen LogP contribution is 2.24. The average Bonchev–Trinajstić information content (AvgIpc) is 2.74. The predicted octanol–water partition coefficient (Wildman–Crippen LogP) is 4.31. The third-order valence-corrected chi connectivity index (χ3v) is 4.90. The van der Waals surface area contributed by atoms with Crippen molar-refractivity contribution in [3.8, 4) is 11.3 Å². The number of carbonyl (C=O) groups excluding carboxylic acids is 1. The largest absolute Gasteiger partial charge is 0.365 e. The highest BCUT2D eigenvalue weighted by atomic mass is 35.5. The van der Waals surface area contributed by atoms with Crippen LogP contribution in [-0.2, 0) is 4.79 Å². The molecule has 0 unspecified atom stereocenters. The molecule has 0 aliphatic heterocycles. The van der Waals surface area contributed by atoms with E-state index in [-0.39, 0.29) is 5.91 Å². The SMILES string of the molecule is C[C@H](C(=O)Nc1cccc2ccccc12)n1ncc(-c2ccc(Cl)cc2)nc1=O. The van der Waals surface area contributed by atoms with Gasteiger partial charge >= 0.3 is 5.69 Å². The van der Waals surface area contributed by atoms with E-state index in [0.29, 0.717) is 16.4 Å². The van der Waals surface area contributed by atoms with Gasteiger partial charge < -0.3 is 5.32 Å². The number of hydrogen-bond donors (Lipinski definition) is 1. The smallest absolute Gasteiger partial charge is 0.324 e. The molecule has 7 heteroatoms. The molecule has 0 aliphatic carbocycles. The van der Waals surface area contributed by atoms with E-state index < -0.39 is 11.7 Å². The van der Waals surface area contributed by atoms with E-state index in [1.54, 1.807) is 31.2 Å². The van der Waals surface area contributed by atoms with E-state index in [9.17, 15) is 9.59 Å². The summed E-state index contributed by atoms with van der Waals surface area (Å²) in [5.74, 6) is -0.350. The van der Waals surface area contributed by atoms with Crippen molar-refractivity contribution in [2.24, 2.45) is 0 Å². The summed E-state index contributed by atoms with van der Waals surface area (Å²) in [6, 6.07) is 19.5. The number of nitrogens with one attached hydrogen (secondary N) is 1. The fourth-order valence-corrected chi connectivity index (χ4v) is 3.18. The van der Waals surface area contributed by atoms with Crippen molar-refractivity contribution in [1.82, 2.24) is 14.8 Å². The van der Waals surface area contributed by atoms with Crippen molar-refractivity contribution in [1.29, 1.82) is 0 Å². The van der Waals surface area contributed by atoms with Crippen LogP contribution in [0.1, 0.15) is 13.0 Å². The Hall–Kier alpha value is -3.51. The molecule has 29 heavy (non-hydrogen) atoms. The molecule has 6 nitrogen and oxygen atoms in total. The molecule has 0 fully saturated rings. The highest BCUT2D eigenvalue weighted by Gasteiger charge is 2.19. The van der Waals surface area contributed by atoms with Crippen LogP contribution in [0.4, 0.5) is 5.69 Å². The minimum Gasteiger partial charge on any atom is -0.324 e. The molecule has 144 valence electrons. The molecule has 0 bridgehead atoms. The van der Waals surface area contributed by atoms with Crippen molar-refractivity contribution in [3.05, 3.63) is 88.4 Å². The van der Waals surface area contributed by atoms with Gasteiger partial charge in [0, 0.05) is 21.7 Å². The number of hydrogen-bond acceptors (Lipinski definition) is 4. The number of amides is 1. The second-order valence-corrected chi connectivity index (χ2v) is 7.00. The number of halogens is 1. The van der Waals surface area contributed by atoms with Gasteiger partial charge in [0.1, 0.15) is 6.04 Å². The molecule has 1 N–H and O–H groups in total. The van der Waals surface area contributed by atoms with Crippen molar-refractivity contribution in [2.75, 3.05) is 5.32 Å². The second kappa shape index (κ2) is 7.85. The van der Waals surface area contributed by atoms with Crippen LogP contribution >= 0.6 is 11.6 Å². The maximum absolute atomic E-state index is 12.7. The van der Waals surface area contributed by atoms with Crippen LogP contribution in [0.5, 0.6) is 0 Å². The van der Waals surface area contributed by atoms with Gasteiger partial charge in [-0.15, -0.1) is 0 Å². The van der Waals surface area contributed by atoms with E-state index in [0.717, 1.165) is 21.0 Å². The molecule has 3 aromatic carbocycles. The molecule has 1 atom stereocenters. The minimum atomic E-state index is -0.826. The molecule has 1 aromatic heterocycles. The molecule has 0 saturated heterocycles. The maximum Gasteiger partial charge on any atom is 0.365 e. The zero-order valence-corrected chi connectivity index (χ0v) is 16.3. The van der Waals surface area contributed by atoms with Gasteiger partial charge in [-0.1, -0.05) is 60.1 Å². The first-order chi connectivity index (χ1) is 14.0. The zero-order chi connectivity index (χ0) is 20.4. The van der Waals surface area contributed by atoms with Crippen LogP contribution in [0.15, 0.2) is 77.7 Å². The summed E-state index contributed by atoms with van der Waals surface area (Å²) >= 11 is 5.89. The molecular formula is C22H17ClN4O2. The lowest BCUT2D eigenvalue weighted by Gasteiger charge is -2.15.